The van der Waals surface area contributed by atoms with Crippen LogP contribution in [0.15, 0.2) is 77.7 Å². The van der Waals surface area contributed by atoms with E-state index in [9.17, 15) is 22.0 Å². The molecule has 0 fully saturated rings. The molecule has 0 heterocycles. The molecule has 0 aromatic heterocycles. The quantitative estimate of drug-likeness (QED) is 0.620. The first-order valence-electron chi connectivity index (χ1n) is 8.36. The van der Waals surface area contributed by atoms with E-state index in [4.69, 9.17) is 11.6 Å². The molecular formula is C20H15ClF2N2O3S. The molecule has 0 saturated carbocycles. The Bertz CT molecular complexity index is 1100. The molecule has 3 rings (SSSR count). The second kappa shape index (κ2) is 8.59. The van der Waals surface area contributed by atoms with E-state index in [1.807, 2.05) is 0 Å². The number of hydrogen-bond donors (Lipinski definition) is 1. The summed E-state index contributed by atoms with van der Waals surface area (Å²) in [4.78, 5) is 12.4. The summed E-state index contributed by atoms with van der Waals surface area (Å²) in [5, 5.41) is 2.45. The van der Waals surface area contributed by atoms with Crippen LogP contribution in [0.5, 0.6) is 0 Å². The van der Waals surface area contributed by atoms with Gasteiger partial charge in [0.1, 0.15) is 23.9 Å². The molecule has 0 aliphatic heterocycles. The summed E-state index contributed by atoms with van der Waals surface area (Å²) < 4.78 is 54.7. The zero-order chi connectivity index (χ0) is 21.0. The van der Waals surface area contributed by atoms with Gasteiger partial charge in [-0.15, -0.1) is 0 Å². The molecular weight excluding hydrogens is 422 g/mol. The Hall–Kier alpha value is -2.97. The second-order valence-corrected chi connectivity index (χ2v) is 8.24. The van der Waals surface area contributed by atoms with Gasteiger partial charge in [-0.2, -0.15) is 0 Å². The maximum absolute atomic E-state index is 13.8. The lowest BCUT2D eigenvalue weighted by Crippen LogP contribution is -2.38. The number of nitrogens with zero attached hydrogens (tertiary/aromatic N) is 1. The summed E-state index contributed by atoms with van der Waals surface area (Å²) in [5.41, 5.74) is -0.430. The molecule has 3 aromatic rings. The molecule has 9 heteroatoms. The molecule has 5 nitrogen and oxygen atoms in total. The van der Waals surface area contributed by atoms with Crippen LogP contribution < -0.4 is 9.62 Å². The Kier molecular flexibility index (Phi) is 6.14. The second-order valence-electron chi connectivity index (χ2n) is 5.95. The predicted octanol–water partition coefficient (Wildman–Crippen LogP) is 4.45. The lowest BCUT2D eigenvalue weighted by atomic mass is 10.3. The summed E-state index contributed by atoms with van der Waals surface area (Å²) in [6.07, 6.45) is 0. The van der Waals surface area contributed by atoms with Gasteiger partial charge in [0.25, 0.3) is 10.0 Å². The molecule has 0 radical (unpaired) electrons. The minimum atomic E-state index is -4.15. The minimum absolute atomic E-state index is 0.0874. The average Bonchev–Trinajstić information content (AvgIpc) is 2.70. The van der Waals surface area contributed by atoms with Crippen molar-refractivity contribution in [3.05, 3.63) is 89.5 Å². The molecule has 150 valence electrons. The molecule has 1 N–H and O–H groups in total. The van der Waals surface area contributed by atoms with Gasteiger partial charge in [0.05, 0.1) is 10.6 Å². The van der Waals surface area contributed by atoms with Gasteiger partial charge in [0.15, 0.2) is 0 Å². The summed E-state index contributed by atoms with van der Waals surface area (Å²) >= 11 is 5.82. The smallest absolute Gasteiger partial charge is 0.264 e. The van der Waals surface area contributed by atoms with Crippen molar-refractivity contribution in [1.29, 1.82) is 0 Å². The van der Waals surface area contributed by atoms with E-state index >= 15 is 0 Å². The van der Waals surface area contributed by atoms with Gasteiger partial charge < -0.3 is 5.32 Å². The third kappa shape index (κ3) is 4.72. The standard InChI is InChI=1S/C20H15ClF2N2O3S/c21-14-9-11-16(12-10-14)29(27,28)25(15-5-2-1-3-6-15)13-19(26)24-20-17(22)7-4-8-18(20)23/h1-12H,13H2,(H,24,26). The van der Waals surface area contributed by atoms with Crippen molar-refractivity contribution in [3.8, 4) is 0 Å². The van der Waals surface area contributed by atoms with Gasteiger partial charge in [-0.05, 0) is 48.5 Å². The number of anilines is 2. The van der Waals surface area contributed by atoms with E-state index in [0.717, 1.165) is 22.5 Å². The number of benzene rings is 3. The normalized spacial score (nSPS) is 11.1. The Labute approximate surface area is 171 Å². The lowest BCUT2D eigenvalue weighted by Gasteiger charge is -2.24. The van der Waals surface area contributed by atoms with E-state index in [0.29, 0.717) is 5.02 Å². The summed E-state index contributed by atoms with van der Waals surface area (Å²) in [7, 11) is -4.15. The summed E-state index contributed by atoms with van der Waals surface area (Å²) in [6, 6.07) is 16.5. The molecule has 0 atom stereocenters. The molecule has 0 bridgehead atoms. The van der Waals surface area contributed by atoms with Gasteiger partial charge in [-0.1, -0.05) is 35.9 Å². The third-order valence-corrected chi connectivity index (χ3v) is 6.00. The molecule has 0 aliphatic carbocycles. The van der Waals surface area contributed by atoms with Gasteiger partial charge in [0.2, 0.25) is 5.91 Å². The van der Waals surface area contributed by atoms with Crippen LogP contribution in [0.2, 0.25) is 5.02 Å². The largest absolute Gasteiger partial charge is 0.320 e. The van der Waals surface area contributed by atoms with E-state index in [1.54, 1.807) is 18.2 Å². The Morgan fingerprint density at radius 1 is 0.897 bits per heavy atom. The summed E-state index contributed by atoms with van der Waals surface area (Å²) in [6.45, 7) is -0.692. The van der Waals surface area contributed by atoms with E-state index < -0.39 is 39.8 Å². The van der Waals surface area contributed by atoms with Gasteiger partial charge >= 0.3 is 0 Å². The van der Waals surface area contributed by atoms with Crippen LogP contribution in [0.25, 0.3) is 0 Å². The van der Waals surface area contributed by atoms with E-state index in [-0.39, 0.29) is 10.6 Å². The van der Waals surface area contributed by atoms with Gasteiger partial charge in [0, 0.05) is 5.02 Å². The van der Waals surface area contributed by atoms with Crippen LogP contribution in [0, 0.1) is 11.6 Å². The molecule has 0 saturated heterocycles. The summed E-state index contributed by atoms with van der Waals surface area (Å²) in [5.74, 6) is -2.84. The van der Waals surface area contributed by atoms with Crippen molar-refractivity contribution in [2.24, 2.45) is 0 Å². The van der Waals surface area contributed by atoms with Crippen LogP contribution in [-0.4, -0.2) is 20.9 Å². The highest BCUT2D eigenvalue weighted by atomic mass is 35.5. The van der Waals surface area contributed by atoms with E-state index in [2.05, 4.69) is 5.32 Å². The molecule has 0 aliphatic rings. The number of carbonyl (C=O) groups excluding carboxylic acids is 1. The molecule has 29 heavy (non-hydrogen) atoms. The number of para-hydroxylation sites is 2. The van der Waals surface area contributed by atoms with Gasteiger partial charge in [-0.25, -0.2) is 17.2 Å². The minimum Gasteiger partial charge on any atom is -0.320 e. The topological polar surface area (TPSA) is 66.5 Å². The maximum Gasteiger partial charge on any atom is 0.264 e. The van der Waals surface area contributed by atoms with Crippen molar-refractivity contribution >= 4 is 38.9 Å². The SMILES string of the molecule is O=C(CN(c1ccccc1)S(=O)(=O)c1ccc(Cl)cc1)Nc1c(F)cccc1F. The van der Waals surface area contributed by atoms with Crippen LogP contribution in [0.3, 0.4) is 0 Å². The number of sulfonamides is 1. The van der Waals surface area contributed by atoms with Crippen molar-refractivity contribution in [1.82, 2.24) is 0 Å². The fourth-order valence-corrected chi connectivity index (χ4v) is 4.12. The number of halogens is 3. The monoisotopic (exact) mass is 436 g/mol. The highest BCUT2D eigenvalue weighted by Gasteiger charge is 2.27. The third-order valence-electron chi connectivity index (χ3n) is 3.96. The first-order valence-corrected chi connectivity index (χ1v) is 10.2. The zero-order valence-electron chi connectivity index (χ0n) is 14.8. The van der Waals surface area contributed by atoms with Crippen LogP contribution in [-0.2, 0) is 14.8 Å². The van der Waals surface area contributed by atoms with Crippen LogP contribution in [0.1, 0.15) is 0 Å². The number of nitrogens with one attached hydrogen (secondary N) is 1. The highest BCUT2D eigenvalue weighted by molar-refractivity contribution is 7.92. The molecule has 1 amide bonds. The van der Waals surface area contributed by atoms with Crippen molar-refractivity contribution in [2.75, 3.05) is 16.2 Å². The van der Waals surface area contributed by atoms with Gasteiger partial charge in [-0.3, -0.25) is 9.10 Å². The fourth-order valence-electron chi connectivity index (χ4n) is 2.57. The van der Waals surface area contributed by atoms with Crippen molar-refractivity contribution in [3.63, 3.8) is 0 Å². The molecule has 3 aromatic carbocycles. The Morgan fingerprint density at radius 3 is 2.07 bits per heavy atom. The van der Waals surface area contributed by atoms with Crippen LogP contribution in [0.4, 0.5) is 20.2 Å². The van der Waals surface area contributed by atoms with E-state index in [1.165, 1.54) is 36.4 Å². The molecule has 0 unspecified atom stereocenters. The van der Waals surface area contributed by atoms with Crippen molar-refractivity contribution < 1.29 is 22.0 Å². The van der Waals surface area contributed by atoms with Crippen LogP contribution >= 0.6 is 11.6 Å². The highest BCUT2D eigenvalue weighted by Crippen LogP contribution is 2.25. The number of carbonyl (C=O) groups is 1. The predicted molar refractivity (Wildman–Crippen MR) is 107 cm³/mol. The average molecular weight is 437 g/mol. The molecule has 0 spiro atoms. The first kappa shape index (κ1) is 20.8. The maximum atomic E-state index is 13.8. The number of amides is 1. The Balaban J connectivity index is 1.94. The zero-order valence-corrected chi connectivity index (χ0v) is 16.4. The Morgan fingerprint density at radius 2 is 1.48 bits per heavy atom. The lowest BCUT2D eigenvalue weighted by molar-refractivity contribution is -0.114. The first-order chi connectivity index (χ1) is 13.8. The fraction of sp³-hybridized carbons (Fsp3) is 0.0500. The number of rotatable bonds is 6. The number of hydrogen-bond acceptors (Lipinski definition) is 3. The van der Waals surface area contributed by atoms with Crippen molar-refractivity contribution in [2.45, 2.75) is 4.90 Å².